The molecule has 1 aromatic carbocycles. The number of benzene rings is 1. The molecule has 152 valence electrons. The van der Waals surface area contributed by atoms with Crippen LogP contribution < -0.4 is 5.32 Å². The Bertz CT molecular complexity index is 1010. The van der Waals surface area contributed by atoms with E-state index in [1.807, 2.05) is 6.92 Å². The molecule has 29 heavy (non-hydrogen) atoms. The van der Waals surface area contributed by atoms with Crippen LogP contribution in [0.3, 0.4) is 0 Å². The van der Waals surface area contributed by atoms with Gasteiger partial charge in [0.1, 0.15) is 5.69 Å². The number of hydrogen-bond acceptors (Lipinski definition) is 5. The standard InChI is InChI=1S/C18H16ClF3N6O/c1-2-4-14-13(26-27-28(14)15-10-23-7-8-24-15)9-25-17(29)11-5-3-6-12(16(11)19)18(20,21)22/h3,5-8,10H,2,4,9H2,1H3,(H,25,29). The number of carbonyl (C=O) groups is 1. The molecule has 2 aromatic heterocycles. The van der Waals surface area contributed by atoms with Crippen LogP contribution in [0.1, 0.15) is 40.7 Å². The van der Waals surface area contributed by atoms with Crippen molar-refractivity contribution in [2.75, 3.05) is 0 Å². The van der Waals surface area contributed by atoms with Gasteiger partial charge in [-0.05, 0) is 18.6 Å². The summed E-state index contributed by atoms with van der Waals surface area (Å²) in [5, 5.41) is 10.0. The van der Waals surface area contributed by atoms with Gasteiger partial charge in [-0.3, -0.25) is 9.78 Å². The summed E-state index contributed by atoms with van der Waals surface area (Å²) in [5.41, 5.74) is -0.121. The topological polar surface area (TPSA) is 85.6 Å². The van der Waals surface area contributed by atoms with E-state index in [0.29, 0.717) is 17.9 Å². The quantitative estimate of drug-likeness (QED) is 0.653. The molecule has 0 atom stereocenters. The van der Waals surface area contributed by atoms with E-state index in [4.69, 9.17) is 11.6 Å². The van der Waals surface area contributed by atoms with E-state index in [-0.39, 0.29) is 12.1 Å². The first kappa shape index (κ1) is 20.7. The van der Waals surface area contributed by atoms with Crippen molar-refractivity contribution in [1.29, 1.82) is 0 Å². The summed E-state index contributed by atoms with van der Waals surface area (Å²) in [4.78, 5) is 20.6. The number of aromatic nitrogens is 5. The molecule has 0 aliphatic rings. The van der Waals surface area contributed by atoms with Gasteiger partial charge in [-0.25, -0.2) is 4.98 Å². The van der Waals surface area contributed by atoms with Crippen LogP contribution in [0.25, 0.3) is 5.82 Å². The minimum absolute atomic E-state index is 0.0268. The van der Waals surface area contributed by atoms with Gasteiger partial charge in [0.15, 0.2) is 5.82 Å². The van der Waals surface area contributed by atoms with E-state index in [0.717, 1.165) is 24.2 Å². The maximum absolute atomic E-state index is 13.0. The maximum Gasteiger partial charge on any atom is 0.417 e. The van der Waals surface area contributed by atoms with Crippen molar-refractivity contribution in [2.24, 2.45) is 0 Å². The van der Waals surface area contributed by atoms with Crippen molar-refractivity contribution in [1.82, 2.24) is 30.3 Å². The Morgan fingerprint density at radius 1 is 1.28 bits per heavy atom. The first-order chi connectivity index (χ1) is 13.8. The first-order valence-electron chi connectivity index (χ1n) is 8.66. The molecule has 1 amide bonds. The molecule has 3 rings (SSSR count). The second-order valence-electron chi connectivity index (χ2n) is 6.06. The molecular formula is C18H16ClF3N6O. The molecule has 0 saturated carbocycles. The van der Waals surface area contributed by atoms with Gasteiger partial charge in [0.05, 0.1) is 34.6 Å². The Hall–Kier alpha value is -3.01. The predicted octanol–water partition coefficient (Wildman–Crippen LogP) is 3.61. The zero-order chi connectivity index (χ0) is 21.0. The van der Waals surface area contributed by atoms with Gasteiger partial charge in [-0.15, -0.1) is 5.10 Å². The normalized spacial score (nSPS) is 11.5. The van der Waals surface area contributed by atoms with E-state index in [2.05, 4.69) is 25.6 Å². The highest BCUT2D eigenvalue weighted by Gasteiger charge is 2.34. The Morgan fingerprint density at radius 2 is 2.07 bits per heavy atom. The van der Waals surface area contributed by atoms with E-state index < -0.39 is 22.7 Å². The highest BCUT2D eigenvalue weighted by atomic mass is 35.5. The lowest BCUT2D eigenvalue weighted by atomic mass is 10.1. The Kier molecular flexibility index (Phi) is 6.12. The maximum atomic E-state index is 13.0. The number of rotatable bonds is 6. The molecule has 0 radical (unpaired) electrons. The highest BCUT2D eigenvalue weighted by molar-refractivity contribution is 6.34. The number of hydrogen-bond donors (Lipinski definition) is 1. The molecule has 0 aliphatic carbocycles. The zero-order valence-corrected chi connectivity index (χ0v) is 16.0. The van der Waals surface area contributed by atoms with Crippen molar-refractivity contribution in [3.63, 3.8) is 0 Å². The van der Waals surface area contributed by atoms with Crippen LogP contribution in [0.15, 0.2) is 36.8 Å². The van der Waals surface area contributed by atoms with Crippen molar-refractivity contribution in [3.05, 3.63) is 64.3 Å². The second kappa shape index (κ2) is 8.56. The number of nitrogens with one attached hydrogen (secondary N) is 1. The Labute approximate surface area is 168 Å². The van der Waals surface area contributed by atoms with Gasteiger partial charge in [-0.1, -0.05) is 36.2 Å². The van der Waals surface area contributed by atoms with Crippen molar-refractivity contribution in [3.8, 4) is 5.82 Å². The van der Waals surface area contributed by atoms with Gasteiger partial charge in [0.2, 0.25) is 0 Å². The van der Waals surface area contributed by atoms with E-state index in [1.165, 1.54) is 29.3 Å². The summed E-state index contributed by atoms with van der Waals surface area (Å²) in [6.07, 6.45) is 1.32. The minimum Gasteiger partial charge on any atom is -0.346 e. The first-order valence-corrected chi connectivity index (χ1v) is 9.04. The smallest absolute Gasteiger partial charge is 0.346 e. The summed E-state index contributed by atoms with van der Waals surface area (Å²) in [5.74, 6) is -0.264. The largest absolute Gasteiger partial charge is 0.417 e. The fraction of sp³-hybridized carbons (Fsp3) is 0.278. The monoisotopic (exact) mass is 424 g/mol. The summed E-state index contributed by atoms with van der Waals surface area (Å²) < 4.78 is 40.5. The number of carbonyl (C=O) groups excluding carboxylic acids is 1. The van der Waals surface area contributed by atoms with E-state index in [1.54, 1.807) is 0 Å². The van der Waals surface area contributed by atoms with Crippen molar-refractivity contribution < 1.29 is 18.0 Å². The van der Waals surface area contributed by atoms with Crippen LogP contribution in [0.5, 0.6) is 0 Å². The van der Waals surface area contributed by atoms with Crippen molar-refractivity contribution in [2.45, 2.75) is 32.5 Å². The Morgan fingerprint density at radius 3 is 2.72 bits per heavy atom. The molecule has 2 heterocycles. The molecule has 0 unspecified atom stereocenters. The van der Waals surface area contributed by atoms with E-state index in [9.17, 15) is 18.0 Å². The van der Waals surface area contributed by atoms with Crippen LogP contribution in [0.4, 0.5) is 13.2 Å². The summed E-state index contributed by atoms with van der Waals surface area (Å²) in [6.45, 7) is 1.94. The van der Waals surface area contributed by atoms with Crippen molar-refractivity contribution >= 4 is 17.5 Å². The predicted molar refractivity (Wildman–Crippen MR) is 98.6 cm³/mol. The number of halogens is 4. The summed E-state index contributed by atoms with van der Waals surface area (Å²) in [7, 11) is 0. The minimum atomic E-state index is -4.65. The fourth-order valence-electron chi connectivity index (χ4n) is 2.73. The summed E-state index contributed by atoms with van der Waals surface area (Å²) >= 11 is 5.81. The van der Waals surface area contributed by atoms with Gasteiger partial charge < -0.3 is 5.32 Å². The van der Waals surface area contributed by atoms with Crippen LogP contribution >= 0.6 is 11.6 Å². The third-order valence-electron chi connectivity index (χ3n) is 4.06. The molecule has 7 nitrogen and oxygen atoms in total. The van der Waals surface area contributed by atoms with Gasteiger partial charge in [0, 0.05) is 12.4 Å². The third kappa shape index (κ3) is 4.53. The Balaban J connectivity index is 1.82. The SMILES string of the molecule is CCCc1c(CNC(=O)c2cccc(C(F)(F)F)c2Cl)nnn1-c1cnccn1. The van der Waals surface area contributed by atoms with Gasteiger partial charge in [-0.2, -0.15) is 17.9 Å². The van der Waals surface area contributed by atoms with Crippen LogP contribution in [0.2, 0.25) is 5.02 Å². The van der Waals surface area contributed by atoms with Crippen LogP contribution in [-0.2, 0) is 19.1 Å². The molecular weight excluding hydrogens is 409 g/mol. The lowest BCUT2D eigenvalue weighted by Crippen LogP contribution is -2.25. The van der Waals surface area contributed by atoms with E-state index >= 15 is 0 Å². The molecule has 1 N–H and O–H groups in total. The molecule has 0 aliphatic heterocycles. The third-order valence-corrected chi connectivity index (χ3v) is 4.47. The lowest BCUT2D eigenvalue weighted by Gasteiger charge is -2.12. The molecule has 0 fully saturated rings. The molecule has 11 heteroatoms. The molecule has 0 spiro atoms. The van der Waals surface area contributed by atoms with Crippen LogP contribution in [0, 0.1) is 0 Å². The lowest BCUT2D eigenvalue weighted by molar-refractivity contribution is -0.137. The number of amides is 1. The second-order valence-corrected chi connectivity index (χ2v) is 6.43. The number of nitrogens with zero attached hydrogens (tertiary/aromatic N) is 5. The molecule has 0 saturated heterocycles. The average molecular weight is 425 g/mol. The molecule has 3 aromatic rings. The van der Waals surface area contributed by atoms with Gasteiger partial charge in [0.25, 0.3) is 5.91 Å². The van der Waals surface area contributed by atoms with Gasteiger partial charge >= 0.3 is 6.18 Å². The summed E-state index contributed by atoms with van der Waals surface area (Å²) in [6, 6.07) is 3.19. The fourth-order valence-corrected chi connectivity index (χ4v) is 3.05. The number of alkyl halides is 3. The van der Waals surface area contributed by atoms with Crippen LogP contribution in [-0.4, -0.2) is 30.9 Å². The molecule has 0 bridgehead atoms. The zero-order valence-electron chi connectivity index (χ0n) is 15.2. The average Bonchev–Trinajstić information content (AvgIpc) is 3.09. The highest BCUT2D eigenvalue weighted by Crippen LogP contribution is 2.36.